The third-order valence-electron chi connectivity index (χ3n) is 4.54. The van der Waals surface area contributed by atoms with E-state index in [4.69, 9.17) is 5.26 Å². The first-order valence-electron chi connectivity index (χ1n) is 8.69. The summed E-state index contributed by atoms with van der Waals surface area (Å²) in [5, 5.41) is 16.1. The molecule has 0 bridgehead atoms. The number of hydrogen-bond donors (Lipinski definition) is 1. The van der Waals surface area contributed by atoms with Gasteiger partial charge in [0, 0.05) is 32.9 Å². The van der Waals surface area contributed by atoms with Crippen LogP contribution in [-0.2, 0) is 13.0 Å². The fourth-order valence-electron chi connectivity index (χ4n) is 3.26. The zero-order valence-electron chi connectivity index (χ0n) is 15.9. The molecule has 0 saturated carbocycles. The summed E-state index contributed by atoms with van der Waals surface area (Å²) in [5.74, 6) is -0.0580. The molecule has 0 fully saturated rings. The summed E-state index contributed by atoms with van der Waals surface area (Å²) < 4.78 is 0. The molecule has 27 heavy (non-hydrogen) atoms. The van der Waals surface area contributed by atoms with Crippen molar-refractivity contribution in [1.82, 2.24) is 15.0 Å². The molecule has 7 heteroatoms. The van der Waals surface area contributed by atoms with Crippen molar-refractivity contribution >= 4 is 11.6 Å². The van der Waals surface area contributed by atoms with Gasteiger partial charge < -0.3 is 10.8 Å². The lowest BCUT2D eigenvalue weighted by atomic mass is 10.1. The van der Waals surface area contributed by atoms with Crippen LogP contribution in [-0.4, -0.2) is 46.0 Å². The average molecular weight is 369 g/mol. The number of hydrazine groups is 1. The molecule has 1 atom stereocenters. The highest BCUT2D eigenvalue weighted by Crippen LogP contribution is 2.25. The quantitative estimate of drug-likeness (QED) is 0.893. The summed E-state index contributed by atoms with van der Waals surface area (Å²) in [5.41, 5.74) is 4.17. The lowest BCUT2D eigenvalue weighted by Crippen LogP contribution is -2.49. The normalized spacial score (nSPS) is 17.0. The van der Waals surface area contributed by atoms with Crippen molar-refractivity contribution < 1.29 is 11.7 Å². The molecule has 0 unspecified atom stereocenters. The van der Waals surface area contributed by atoms with Crippen LogP contribution >= 0.6 is 0 Å². The first-order chi connectivity index (χ1) is 12.5. The van der Waals surface area contributed by atoms with Crippen molar-refractivity contribution in [2.75, 3.05) is 18.9 Å². The maximum absolute atomic E-state index is 13.3. The molecule has 3 N–H and O–H groups in total. The zero-order valence-corrected chi connectivity index (χ0v) is 15.9. The minimum absolute atomic E-state index is 0. The largest absolute Gasteiger partial charge is 0.412 e. The van der Waals surface area contributed by atoms with Gasteiger partial charge in [0.1, 0.15) is 0 Å². The number of amides is 1. The molecular weight excluding hydrogens is 342 g/mol. The fraction of sp³-hybridized carbons (Fsp3) is 0.350. The Bertz CT molecular complexity index is 868. The molecule has 1 aliphatic heterocycles. The number of nitrogens with one attached hydrogen (secondary N) is 1. The zero-order chi connectivity index (χ0) is 18.7. The Morgan fingerprint density at radius 2 is 2.19 bits per heavy atom. The van der Waals surface area contributed by atoms with Gasteiger partial charge in [0.2, 0.25) is 0 Å². The summed E-state index contributed by atoms with van der Waals surface area (Å²) in [6, 6.07) is 12.0. The summed E-state index contributed by atoms with van der Waals surface area (Å²) in [4.78, 5) is 17.6. The Kier molecular flexibility index (Phi) is 6.50. The summed E-state index contributed by atoms with van der Waals surface area (Å²) in [7, 11) is 1.91. The van der Waals surface area contributed by atoms with Crippen molar-refractivity contribution in [3.63, 3.8) is 0 Å². The van der Waals surface area contributed by atoms with Gasteiger partial charge in [-0.05, 0) is 37.6 Å². The van der Waals surface area contributed by atoms with E-state index in [0.29, 0.717) is 24.3 Å². The highest BCUT2D eigenvalue weighted by molar-refractivity contribution is 5.99. The summed E-state index contributed by atoms with van der Waals surface area (Å²) >= 11 is 0. The monoisotopic (exact) mass is 369 g/mol. The lowest BCUT2D eigenvalue weighted by molar-refractivity contribution is -0.00156. The van der Waals surface area contributed by atoms with E-state index in [1.165, 1.54) is 0 Å². The lowest BCUT2D eigenvalue weighted by Gasteiger charge is -2.37. The van der Waals surface area contributed by atoms with E-state index in [1.54, 1.807) is 11.2 Å². The van der Waals surface area contributed by atoms with Gasteiger partial charge in [0.25, 0.3) is 5.91 Å². The molecule has 0 aliphatic carbocycles. The Hall–Kier alpha value is -2.95. The van der Waals surface area contributed by atoms with E-state index < -0.39 is 0 Å². The number of benzene rings is 1. The van der Waals surface area contributed by atoms with E-state index in [1.807, 2.05) is 49.3 Å². The van der Waals surface area contributed by atoms with Crippen LogP contribution in [0.3, 0.4) is 0 Å². The van der Waals surface area contributed by atoms with Crippen LogP contribution in [0.15, 0.2) is 36.5 Å². The van der Waals surface area contributed by atoms with Gasteiger partial charge >= 0.3 is 0 Å². The van der Waals surface area contributed by atoms with Crippen LogP contribution in [0, 0.1) is 18.3 Å². The summed E-state index contributed by atoms with van der Waals surface area (Å²) in [6.07, 6.45) is 1.91. The van der Waals surface area contributed by atoms with Crippen molar-refractivity contribution in [3.8, 4) is 6.07 Å². The molecule has 144 valence electrons. The molecule has 1 aromatic heterocycles. The molecule has 0 radical (unpaired) electrons. The maximum Gasteiger partial charge on any atom is 0.270 e. The van der Waals surface area contributed by atoms with Crippen LogP contribution in [0.2, 0.25) is 0 Å². The second kappa shape index (κ2) is 8.62. The minimum atomic E-state index is -0.0580. The van der Waals surface area contributed by atoms with Crippen molar-refractivity contribution in [3.05, 3.63) is 58.9 Å². The number of aryl methyl sites for hydroxylation is 1. The van der Waals surface area contributed by atoms with Crippen molar-refractivity contribution in [2.24, 2.45) is 0 Å². The maximum atomic E-state index is 13.3. The van der Waals surface area contributed by atoms with Gasteiger partial charge in [-0.1, -0.05) is 17.7 Å². The van der Waals surface area contributed by atoms with Crippen LogP contribution in [0.25, 0.3) is 0 Å². The number of anilines is 1. The summed E-state index contributed by atoms with van der Waals surface area (Å²) in [6.45, 7) is 5.16. The predicted molar refractivity (Wildman–Crippen MR) is 106 cm³/mol. The van der Waals surface area contributed by atoms with E-state index in [9.17, 15) is 4.79 Å². The Morgan fingerprint density at radius 3 is 2.93 bits per heavy atom. The number of hydrogen-bond acceptors (Lipinski definition) is 5. The van der Waals surface area contributed by atoms with Gasteiger partial charge in [-0.3, -0.25) is 14.8 Å². The number of aromatic nitrogens is 1. The van der Waals surface area contributed by atoms with E-state index in [0.717, 1.165) is 16.8 Å². The first-order valence-corrected chi connectivity index (χ1v) is 8.69. The third kappa shape index (κ3) is 4.42. The van der Waals surface area contributed by atoms with Crippen molar-refractivity contribution in [2.45, 2.75) is 32.9 Å². The van der Waals surface area contributed by atoms with Gasteiger partial charge in [0.05, 0.1) is 30.3 Å². The highest BCUT2D eigenvalue weighted by atomic mass is 16.2. The smallest absolute Gasteiger partial charge is 0.270 e. The Labute approximate surface area is 161 Å². The van der Waals surface area contributed by atoms with Gasteiger partial charge in [-0.15, -0.1) is 0 Å². The van der Waals surface area contributed by atoms with Gasteiger partial charge in [0.15, 0.2) is 0 Å². The van der Waals surface area contributed by atoms with Crippen molar-refractivity contribution in [1.29, 1.82) is 5.26 Å². The molecule has 7 nitrogen and oxygen atoms in total. The predicted octanol–water partition coefficient (Wildman–Crippen LogP) is 2.18. The number of nitriles is 1. The topological polar surface area (TPSA) is 104 Å². The molecular formula is C20H27N5O2. The molecule has 0 saturated heterocycles. The molecule has 2 heterocycles. The number of carbonyl (C=O) groups is 1. The number of fused-ring (bicyclic) bond motifs is 1. The number of likely N-dealkylation sites (N-methyl/N-ethyl adjacent to an activating group) is 1. The first kappa shape index (κ1) is 20.4. The van der Waals surface area contributed by atoms with Crippen LogP contribution in [0.4, 0.5) is 5.69 Å². The van der Waals surface area contributed by atoms with Gasteiger partial charge in [-0.2, -0.15) is 5.26 Å². The average Bonchev–Trinajstić information content (AvgIpc) is 2.61. The molecule has 3 rings (SSSR count). The Balaban J connectivity index is 0.00000196. The second-order valence-electron chi connectivity index (χ2n) is 6.74. The van der Waals surface area contributed by atoms with E-state index in [-0.39, 0.29) is 25.3 Å². The third-order valence-corrected chi connectivity index (χ3v) is 4.54. The number of nitrogens with zero attached hydrogens (tertiary/aromatic N) is 4. The fourth-order valence-corrected chi connectivity index (χ4v) is 3.26. The Morgan fingerprint density at radius 1 is 1.41 bits per heavy atom. The molecule has 0 spiro atoms. The van der Waals surface area contributed by atoms with E-state index in [2.05, 4.69) is 23.3 Å². The molecule has 2 aromatic rings. The SMILES string of the molecule is Cc1ccc2c(c1)C(=O)N(Cc1cccnc1CC#N)N(C)C[C@@H](C)N2.O.[HH]. The van der Waals surface area contributed by atoms with Crippen LogP contribution in [0.5, 0.6) is 0 Å². The number of pyridine rings is 1. The van der Waals surface area contributed by atoms with E-state index >= 15 is 0 Å². The number of carbonyl (C=O) groups excluding carboxylic acids is 1. The second-order valence-corrected chi connectivity index (χ2v) is 6.74. The minimum Gasteiger partial charge on any atom is -0.412 e. The molecule has 1 amide bonds. The molecule has 1 aliphatic rings. The standard InChI is InChI=1S/C20H23N5O.H2O.H2/c1-14-6-7-19-17(11-14)20(26)25(24(3)12-15(2)23-19)13-16-5-4-10-22-18(16)8-9-21;;/h4-7,10-11,15,23H,8,12-13H2,1-3H3;1H2;1H/t15-;;/m1../s1. The van der Waals surface area contributed by atoms with Crippen LogP contribution < -0.4 is 5.32 Å². The highest BCUT2D eigenvalue weighted by Gasteiger charge is 2.27. The van der Waals surface area contributed by atoms with Gasteiger partial charge in [-0.25, -0.2) is 5.01 Å². The number of rotatable bonds is 3. The molecule has 1 aromatic carbocycles. The van der Waals surface area contributed by atoms with Crippen LogP contribution in [0.1, 0.15) is 35.5 Å².